The number of carbonyl (C=O) groups excluding carboxylic acids is 1. The van der Waals surface area contributed by atoms with E-state index in [1.54, 1.807) is 4.90 Å². The number of fused-ring (bicyclic) bond motifs is 1. The van der Waals surface area contributed by atoms with Gasteiger partial charge in [-0.1, -0.05) is 31.2 Å². The zero-order valence-electron chi connectivity index (χ0n) is 12.9. The largest absolute Gasteiger partial charge is 0.486 e. The molecular formula is C18H20N2O2. The zero-order valence-corrected chi connectivity index (χ0v) is 12.9. The van der Waals surface area contributed by atoms with Gasteiger partial charge in [0.05, 0.1) is 12.2 Å². The number of urea groups is 1. The molecule has 0 radical (unpaired) electrons. The van der Waals surface area contributed by atoms with Crippen LogP contribution in [0, 0.1) is 6.92 Å². The Hall–Kier alpha value is -2.49. The van der Waals surface area contributed by atoms with Crippen molar-refractivity contribution < 1.29 is 9.53 Å². The van der Waals surface area contributed by atoms with Crippen molar-refractivity contribution in [3.63, 3.8) is 0 Å². The van der Waals surface area contributed by atoms with E-state index in [0.717, 1.165) is 29.1 Å². The van der Waals surface area contributed by atoms with Gasteiger partial charge in [0, 0.05) is 5.69 Å². The molecule has 0 fully saturated rings. The van der Waals surface area contributed by atoms with E-state index in [1.807, 2.05) is 55.5 Å². The number of hydrogen-bond acceptors (Lipinski definition) is 2. The number of anilines is 2. The molecule has 0 bridgehead atoms. The molecule has 0 aromatic heterocycles. The highest BCUT2D eigenvalue weighted by molar-refractivity contribution is 6.03. The standard InChI is InChI=1S/C18H20N2O2/c1-3-15-12-20(16-11-13(2)9-10-17(16)22-15)18(21)19-14-7-5-4-6-8-14/h4-11,15H,3,12H2,1-2H3,(H,19,21)/t15-/m0/s1. The second-order valence-electron chi connectivity index (χ2n) is 5.53. The fourth-order valence-corrected chi connectivity index (χ4v) is 2.57. The van der Waals surface area contributed by atoms with Crippen molar-refractivity contribution in [1.82, 2.24) is 0 Å². The molecule has 22 heavy (non-hydrogen) atoms. The van der Waals surface area contributed by atoms with E-state index in [0.29, 0.717) is 6.54 Å². The summed E-state index contributed by atoms with van der Waals surface area (Å²) in [6.45, 7) is 4.64. The first-order chi connectivity index (χ1) is 10.7. The second-order valence-corrected chi connectivity index (χ2v) is 5.53. The van der Waals surface area contributed by atoms with E-state index in [2.05, 4.69) is 12.2 Å². The molecule has 0 saturated heterocycles. The molecule has 1 N–H and O–H groups in total. The van der Waals surface area contributed by atoms with E-state index < -0.39 is 0 Å². The first-order valence-electron chi connectivity index (χ1n) is 7.58. The van der Waals surface area contributed by atoms with Crippen LogP contribution in [0.4, 0.5) is 16.2 Å². The number of benzene rings is 2. The Morgan fingerprint density at radius 2 is 2.05 bits per heavy atom. The summed E-state index contributed by atoms with van der Waals surface area (Å²) >= 11 is 0. The van der Waals surface area contributed by atoms with Crippen LogP contribution in [0.15, 0.2) is 48.5 Å². The maximum absolute atomic E-state index is 12.7. The van der Waals surface area contributed by atoms with Crippen LogP contribution in [0.25, 0.3) is 0 Å². The van der Waals surface area contributed by atoms with Gasteiger partial charge in [0.15, 0.2) is 0 Å². The topological polar surface area (TPSA) is 41.6 Å². The Labute approximate surface area is 130 Å². The quantitative estimate of drug-likeness (QED) is 0.902. The average molecular weight is 296 g/mol. The Bertz CT molecular complexity index is 670. The van der Waals surface area contributed by atoms with E-state index >= 15 is 0 Å². The van der Waals surface area contributed by atoms with Crippen LogP contribution >= 0.6 is 0 Å². The molecule has 2 amide bonds. The fourth-order valence-electron chi connectivity index (χ4n) is 2.57. The fraction of sp³-hybridized carbons (Fsp3) is 0.278. The van der Waals surface area contributed by atoms with Crippen molar-refractivity contribution in [2.45, 2.75) is 26.4 Å². The molecule has 4 nitrogen and oxygen atoms in total. The van der Waals surface area contributed by atoms with Crippen LogP contribution in [0.5, 0.6) is 5.75 Å². The predicted molar refractivity (Wildman–Crippen MR) is 88.7 cm³/mol. The lowest BCUT2D eigenvalue weighted by molar-refractivity contribution is 0.188. The summed E-state index contributed by atoms with van der Waals surface area (Å²) in [6.07, 6.45) is 0.888. The Morgan fingerprint density at radius 1 is 1.27 bits per heavy atom. The Morgan fingerprint density at radius 3 is 2.77 bits per heavy atom. The maximum Gasteiger partial charge on any atom is 0.326 e. The second kappa shape index (κ2) is 6.10. The summed E-state index contributed by atoms with van der Waals surface area (Å²) in [5, 5.41) is 2.95. The summed E-state index contributed by atoms with van der Waals surface area (Å²) in [6, 6.07) is 15.3. The molecule has 2 aromatic carbocycles. The molecule has 1 aliphatic heterocycles. The SMILES string of the molecule is CC[C@H]1CN(C(=O)Nc2ccccc2)c2cc(C)ccc2O1. The van der Waals surface area contributed by atoms with Gasteiger partial charge in [0.2, 0.25) is 0 Å². The molecular weight excluding hydrogens is 276 g/mol. The number of ether oxygens (including phenoxy) is 1. The average Bonchev–Trinajstić information content (AvgIpc) is 2.54. The van der Waals surface area contributed by atoms with Crippen LogP contribution in [-0.2, 0) is 0 Å². The van der Waals surface area contributed by atoms with Gasteiger partial charge in [-0.15, -0.1) is 0 Å². The van der Waals surface area contributed by atoms with Crippen molar-refractivity contribution in [2.24, 2.45) is 0 Å². The van der Waals surface area contributed by atoms with Crippen molar-refractivity contribution in [2.75, 3.05) is 16.8 Å². The molecule has 0 unspecified atom stereocenters. The molecule has 1 atom stereocenters. The first-order valence-corrected chi connectivity index (χ1v) is 7.58. The third-order valence-corrected chi connectivity index (χ3v) is 3.81. The minimum Gasteiger partial charge on any atom is -0.486 e. The molecule has 4 heteroatoms. The summed E-state index contributed by atoms with van der Waals surface area (Å²) in [4.78, 5) is 14.4. The zero-order chi connectivity index (χ0) is 15.5. The number of nitrogens with one attached hydrogen (secondary N) is 1. The summed E-state index contributed by atoms with van der Waals surface area (Å²) < 4.78 is 5.95. The molecule has 1 aliphatic rings. The van der Waals surface area contributed by atoms with Crippen molar-refractivity contribution in [1.29, 1.82) is 0 Å². The van der Waals surface area contributed by atoms with Gasteiger partial charge in [0.25, 0.3) is 0 Å². The van der Waals surface area contributed by atoms with Crippen molar-refractivity contribution in [3.8, 4) is 5.75 Å². The van der Waals surface area contributed by atoms with E-state index in [-0.39, 0.29) is 12.1 Å². The Balaban J connectivity index is 1.88. The van der Waals surface area contributed by atoms with E-state index in [9.17, 15) is 4.79 Å². The van der Waals surface area contributed by atoms with Gasteiger partial charge in [-0.05, 0) is 43.2 Å². The number of rotatable bonds is 2. The Kier molecular flexibility index (Phi) is 4.00. The normalized spacial score (nSPS) is 16.6. The lowest BCUT2D eigenvalue weighted by Gasteiger charge is -2.34. The molecule has 3 rings (SSSR count). The molecule has 1 heterocycles. The number of carbonyl (C=O) groups is 1. The molecule has 0 saturated carbocycles. The number of aryl methyl sites for hydroxylation is 1. The van der Waals surface area contributed by atoms with Gasteiger partial charge in [-0.3, -0.25) is 4.90 Å². The summed E-state index contributed by atoms with van der Waals surface area (Å²) in [5.41, 5.74) is 2.73. The third-order valence-electron chi connectivity index (χ3n) is 3.81. The van der Waals surface area contributed by atoms with Gasteiger partial charge in [-0.25, -0.2) is 4.79 Å². The molecule has 0 spiro atoms. The monoisotopic (exact) mass is 296 g/mol. The summed E-state index contributed by atoms with van der Waals surface area (Å²) in [5.74, 6) is 0.770. The number of para-hydroxylation sites is 1. The first kappa shape index (κ1) is 14.4. The molecule has 2 aromatic rings. The third kappa shape index (κ3) is 2.91. The predicted octanol–water partition coefficient (Wildman–Crippen LogP) is 4.20. The molecule has 0 aliphatic carbocycles. The lowest BCUT2D eigenvalue weighted by atomic mass is 10.1. The highest BCUT2D eigenvalue weighted by Crippen LogP contribution is 2.35. The number of nitrogens with zero attached hydrogens (tertiary/aromatic N) is 1. The van der Waals surface area contributed by atoms with Gasteiger partial charge < -0.3 is 10.1 Å². The van der Waals surface area contributed by atoms with Gasteiger partial charge in [0.1, 0.15) is 11.9 Å². The highest BCUT2D eigenvalue weighted by atomic mass is 16.5. The number of amides is 2. The van der Waals surface area contributed by atoms with Crippen molar-refractivity contribution >= 4 is 17.4 Å². The van der Waals surface area contributed by atoms with Crippen molar-refractivity contribution in [3.05, 3.63) is 54.1 Å². The minimum absolute atomic E-state index is 0.0247. The molecule has 114 valence electrons. The van der Waals surface area contributed by atoms with E-state index in [4.69, 9.17) is 4.74 Å². The van der Waals surface area contributed by atoms with Crippen LogP contribution in [0.2, 0.25) is 0 Å². The van der Waals surface area contributed by atoms with Crippen LogP contribution < -0.4 is 15.0 Å². The van der Waals surface area contributed by atoms with Crippen LogP contribution in [-0.4, -0.2) is 18.7 Å². The minimum atomic E-state index is -0.125. The van der Waals surface area contributed by atoms with Gasteiger partial charge >= 0.3 is 6.03 Å². The number of hydrogen-bond donors (Lipinski definition) is 1. The lowest BCUT2D eigenvalue weighted by Crippen LogP contribution is -2.45. The van der Waals surface area contributed by atoms with E-state index in [1.165, 1.54) is 0 Å². The van der Waals surface area contributed by atoms with Crippen LogP contribution in [0.1, 0.15) is 18.9 Å². The smallest absolute Gasteiger partial charge is 0.326 e. The summed E-state index contributed by atoms with van der Waals surface area (Å²) in [7, 11) is 0. The van der Waals surface area contributed by atoms with Gasteiger partial charge in [-0.2, -0.15) is 0 Å². The highest BCUT2D eigenvalue weighted by Gasteiger charge is 2.29. The maximum atomic E-state index is 12.7. The van der Waals surface area contributed by atoms with Crippen LogP contribution in [0.3, 0.4) is 0 Å².